The fourth-order valence-electron chi connectivity index (χ4n) is 2.75. The zero-order valence-electron chi connectivity index (χ0n) is 12.6. The van der Waals surface area contributed by atoms with Gasteiger partial charge in [0.15, 0.2) is 0 Å². The van der Waals surface area contributed by atoms with E-state index in [0.29, 0.717) is 18.2 Å². The van der Waals surface area contributed by atoms with E-state index in [9.17, 15) is 9.59 Å². The molecule has 1 aliphatic rings. The van der Waals surface area contributed by atoms with Gasteiger partial charge in [-0.15, -0.1) is 0 Å². The van der Waals surface area contributed by atoms with Gasteiger partial charge in [0.2, 0.25) is 0 Å². The Hall–Kier alpha value is -0.940. The lowest BCUT2D eigenvalue weighted by molar-refractivity contribution is -0.138. The second-order valence-electron chi connectivity index (χ2n) is 6.42. The summed E-state index contributed by atoms with van der Waals surface area (Å²) in [7, 11) is 0. The van der Waals surface area contributed by atoms with Crippen molar-refractivity contribution in [1.29, 1.82) is 0 Å². The molecular weight excluding hydrogens is 256 g/mol. The van der Waals surface area contributed by atoms with Crippen LogP contribution in [0.2, 0.25) is 0 Å². The van der Waals surface area contributed by atoms with Gasteiger partial charge in [-0.2, -0.15) is 0 Å². The zero-order valence-corrected chi connectivity index (χ0v) is 12.6. The first kappa shape index (κ1) is 17.1. The van der Waals surface area contributed by atoms with Crippen LogP contribution in [0.15, 0.2) is 0 Å². The lowest BCUT2D eigenvalue weighted by Gasteiger charge is -2.21. The molecule has 0 aliphatic heterocycles. The first-order valence-electron chi connectivity index (χ1n) is 7.55. The quantitative estimate of drug-likeness (QED) is 0.501. The number of carbonyl (C=O) groups is 2. The average molecular weight is 284 g/mol. The number of carboxylic acid groups (broad SMARTS) is 1. The molecule has 0 spiro atoms. The third-order valence-electron chi connectivity index (χ3n) is 4.57. The minimum absolute atomic E-state index is 0.0193. The fraction of sp³-hybridized carbons (Fsp3) is 0.867. The highest BCUT2D eigenvalue weighted by molar-refractivity contribution is 5.73. The minimum Gasteiger partial charge on any atom is -0.481 e. The van der Waals surface area contributed by atoms with Crippen molar-refractivity contribution in [3.63, 3.8) is 0 Å². The highest BCUT2D eigenvalue weighted by Crippen LogP contribution is 2.55. The Bertz CT molecular complexity index is 327. The van der Waals surface area contributed by atoms with E-state index >= 15 is 0 Å². The number of carbonyl (C=O) groups excluding carboxylic acids is 1. The number of hydrogen-bond donors (Lipinski definition) is 3. The summed E-state index contributed by atoms with van der Waals surface area (Å²) in [6.45, 7) is 5.06. The first-order chi connectivity index (χ1) is 9.39. The van der Waals surface area contributed by atoms with Crippen molar-refractivity contribution in [3.05, 3.63) is 0 Å². The van der Waals surface area contributed by atoms with Crippen LogP contribution in [-0.4, -0.2) is 36.0 Å². The normalized spacial score (nSPS) is 19.6. The molecule has 0 aromatic rings. The summed E-state index contributed by atoms with van der Waals surface area (Å²) in [5, 5.41) is 11.6. The molecule has 20 heavy (non-hydrogen) atoms. The van der Waals surface area contributed by atoms with Crippen molar-refractivity contribution in [2.24, 2.45) is 17.1 Å². The van der Waals surface area contributed by atoms with Gasteiger partial charge >= 0.3 is 5.97 Å². The summed E-state index contributed by atoms with van der Waals surface area (Å²) in [5.41, 5.74) is 6.56. The minimum atomic E-state index is -0.976. The maximum atomic E-state index is 10.7. The Morgan fingerprint density at radius 3 is 2.55 bits per heavy atom. The molecule has 2 atom stereocenters. The maximum absolute atomic E-state index is 10.7. The molecule has 5 nitrogen and oxygen atoms in total. The van der Waals surface area contributed by atoms with Crippen LogP contribution in [0.4, 0.5) is 0 Å². The Balaban J connectivity index is 2.15. The van der Waals surface area contributed by atoms with Crippen LogP contribution >= 0.6 is 0 Å². The van der Waals surface area contributed by atoms with E-state index in [-0.39, 0.29) is 12.5 Å². The van der Waals surface area contributed by atoms with Crippen LogP contribution in [0.1, 0.15) is 52.4 Å². The number of nitrogens with one attached hydrogen (secondary N) is 1. The van der Waals surface area contributed by atoms with Gasteiger partial charge in [0.1, 0.15) is 6.29 Å². The van der Waals surface area contributed by atoms with Crippen molar-refractivity contribution in [2.45, 2.75) is 64.5 Å². The molecule has 1 aliphatic carbocycles. The number of aliphatic carboxylic acids is 1. The largest absolute Gasteiger partial charge is 0.481 e. The molecule has 1 saturated carbocycles. The predicted octanol–water partition coefficient (Wildman–Crippen LogP) is 1.55. The van der Waals surface area contributed by atoms with Crippen LogP contribution in [0.25, 0.3) is 0 Å². The zero-order chi connectivity index (χ0) is 15.2. The standard InChI is InChI=1S/C15H28N2O3/c1-11(2)15(6-7-15)5-3-4-12(16)9-17-13(10-18)8-14(19)20/h10-13,17H,3-9,16H2,1-2H3,(H,19,20)/t12?,13-/m0/s1. The Morgan fingerprint density at radius 2 is 2.10 bits per heavy atom. The predicted molar refractivity (Wildman–Crippen MR) is 78.4 cm³/mol. The topological polar surface area (TPSA) is 92.4 Å². The summed E-state index contributed by atoms with van der Waals surface area (Å²) >= 11 is 0. The maximum Gasteiger partial charge on any atom is 0.305 e. The van der Waals surface area contributed by atoms with Gasteiger partial charge in [-0.25, -0.2) is 0 Å². The van der Waals surface area contributed by atoms with E-state index in [2.05, 4.69) is 19.2 Å². The highest BCUT2D eigenvalue weighted by atomic mass is 16.4. The van der Waals surface area contributed by atoms with Crippen LogP contribution in [0, 0.1) is 11.3 Å². The summed E-state index contributed by atoms with van der Waals surface area (Å²) in [6.07, 6.45) is 6.37. The summed E-state index contributed by atoms with van der Waals surface area (Å²) in [6, 6.07) is -0.654. The molecule has 0 radical (unpaired) electrons. The molecule has 0 heterocycles. The van der Waals surface area contributed by atoms with Crippen LogP contribution in [-0.2, 0) is 9.59 Å². The second-order valence-corrected chi connectivity index (χ2v) is 6.42. The third kappa shape index (κ3) is 5.59. The van der Waals surface area contributed by atoms with Gasteiger partial charge in [-0.05, 0) is 37.0 Å². The van der Waals surface area contributed by atoms with E-state index in [1.165, 1.54) is 19.3 Å². The summed E-state index contributed by atoms with van der Waals surface area (Å²) in [5.74, 6) is -0.234. The summed E-state index contributed by atoms with van der Waals surface area (Å²) in [4.78, 5) is 21.3. The Kier molecular flexibility index (Phi) is 6.62. The number of carboxylic acids is 1. The molecule has 1 rings (SSSR count). The van der Waals surface area contributed by atoms with E-state index in [1.807, 2.05) is 0 Å². The Morgan fingerprint density at radius 1 is 1.45 bits per heavy atom. The molecule has 4 N–H and O–H groups in total. The molecule has 0 saturated heterocycles. The smallest absolute Gasteiger partial charge is 0.305 e. The van der Waals surface area contributed by atoms with Crippen molar-refractivity contribution < 1.29 is 14.7 Å². The molecule has 0 aromatic carbocycles. The molecule has 116 valence electrons. The van der Waals surface area contributed by atoms with Crippen LogP contribution in [0.3, 0.4) is 0 Å². The monoisotopic (exact) mass is 284 g/mol. The lowest BCUT2D eigenvalue weighted by atomic mass is 9.87. The van der Waals surface area contributed by atoms with Crippen molar-refractivity contribution in [2.75, 3.05) is 6.54 Å². The molecule has 0 amide bonds. The second kappa shape index (κ2) is 7.74. The van der Waals surface area contributed by atoms with E-state index in [0.717, 1.165) is 18.8 Å². The highest BCUT2D eigenvalue weighted by Gasteiger charge is 2.44. The first-order valence-corrected chi connectivity index (χ1v) is 7.55. The van der Waals surface area contributed by atoms with Crippen molar-refractivity contribution in [1.82, 2.24) is 5.32 Å². The van der Waals surface area contributed by atoms with Gasteiger partial charge in [-0.3, -0.25) is 4.79 Å². The van der Waals surface area contributed by atoms with Gasteiger partial charge in [-0.1, -0.05) is 20.3 Å². The van der Waals surface area contributed by atoms with Crippen molar-refractivity contribution >= 4 is 12.3 Å². The molecular formula is C15H28N2O3. The molecule has 1 unspecified atom stereocenters. The van der Waals surface area contributed by atoms with Crippen LogP contribution in [0.5, 0.6) is 0 Å². The van der Waals surface area contributed by atoms with E-state index in [1.54, 1.807) is 0 Å². The average Bonchev–Trinajstić information content (AvgIpc) is 3.15. The van der Waals surface area contributed by atoms with E-state index in [4.69, 9.17) is 10.8 Å². The summed E-state index contributed by atoms with van der Waals surface area (Å²) < 4.78 is 0. The molecule has 0 aromatic heterocycles. The molecule has 0 bridgehead atoms. The molecule has 5 heteroatoms. The fourth-order valence-corrected chi connectivity index (χ4v) is 2.75. The van der Waals surface area contributed by atoms with Gasteiger partial charge in [0.25, 0.3) is 0 Å². The van der Waals surface area contributed by atoms with E-state index < -0.39 is 12.0 Å². The number of hydrogen-bond acceptors (Lipinski definition) is 4. The SMILES string of the molecule is CC(C)C1(CCCC(N)CN[C@H](C=O)CC(=O)O)CC1. The van der Waals surface area contributed by atoms with Gasteiger partial charge < -0.3 is 21.0 Å². The van der Waals surface area contributed by atoms with Gasteiger partial charge in [0.05, 0.1) is 12.5 Å². The Labute approximate surface area is 121 Å². The van der Waals surface area contributed by atoms with Crippen molar-refractivity contribution in [3.8, 4) is 0 Å². The third-order valence-corrected chi connectivity index (χ3v) is 4.57. The number of nitrogens with two attached hydrogens (primary N) is 1. The number of aldehydes is 1. The number of rotatable bonds is 11. The van der Waals surface area contributed by atoms with Gasteiger partial charge in [0, 0.05) is 12.6 Å². The lowest BCUT2D eigenvalue weighted by Crippen LogP contribution is -2.41. The van der Waals surface area contributed by atoms with Crippen LogP contribution < -0.4 is 11.1 Å². The molecule has 1 fully saturated rings.